The summed E-state index contributed by atoms with van der Waals surface area (Å²) < 4.78 is 11.5. The van der Waals surface area contributed by atoms with E-state index in [1.807, 2.05) is 0 Å². The minimum atomic E-state index is 0.427. The Morgan fingerprint density at radius 3 is 2.78 bits per heavy atom. The normalized spacial score (nSPS) is 42.3. The Morgan fingerprint density at radius 2 is 2.17 bits per heavy atom. The van der Waals surface area contributed by atoms with Gasteiger partial charge in [-0.15, -0.1) is 0 Å². The Hall–Kier alpha value is -0.120. The zero-order chi connectivity index (χ0) is 12.6. The molecular formula is C15H27NO2. The van der Waals surface area contributed by atoms with Crippen LogP contribution in [0, 0.1) is 5.41 Å². The highest BCUT2D eigenvalue weighted by molar-refractivity contribution is 5.12. The minimum Gasteiger partial charge on any atom is -0.378 e. The number of hydrogen-bond acceptors (Lipinski definition) is 3. The fraction of sp³-hybridized carbons (Fsp3) is 1.00. The monoisotopic (exact) mass is 253 g/mol. The molecule has 1 heterocycles. The van der Waals surface area contributed by atoms with Crippen LogP contribution in [0.2, 0.25) is 0 Å². The summed E-state index contributed by atoms with van der Waals surface area (Å²) in [7, 11) is 0. The van der Waals surface area contributed by atoms with Crippen LogP contribution >= 0.6 is 0 Å². The maximum absolute atomic E-state index is 5.91. The lowest BCUT2D eigenvalue weighted by atomic mass is 9.51. The Morgan fingerprint density at radius 1 is 1.33 bits per heavy atom. The van der Waals surface area contributed by atoms with Crippen molar-refractivity contribution < 1.29 is 9.47 Å². The molecule has 0 aromatic rings. The second-order valence-corrected chi connectivity index (χ2v) is 6.39. The maximum Gasteiger partial charge on any atom is 0.0661 e. The van der Waals surface area contributed by atoms with E-state index in [2.05, 4.69) is 19.2 Å². The molecule has 4 unspecified atom stereocenters. The van der Waals surface area contributed by atoms with E-state index in [4.69, 9.17) is 9.47 Å². The lowest BCUT2D eigenvalue weighted by molar-refractivity contribution is -0.176. The van der Waals surface area contributed by atoms with Gasteiger partial charge in [0, 0.05) is 30.7 Å². The van der Waals surface area contributed by atoms with Gasteiger partial charge >= 0.3 is 0 Å². The first-order valence-corrected chi connectivity index (χ1v) is 7.74. The Labute approximate surface area is 111 Å². The average molecular weight is 253 g/mol. The number of nitrogens with one attached hydrogen (secondary N) is 1. The van der Waals surface area contributed by atoms with Gasteiger partial charge in [0.1, 0.15) is 0 Å². The third kappa shape index (κ3) is 2.10. The van der Waals surface area contributed by atoms with Crippen LogP contribution in [-0.4, -0.2) is 37.5 Å². The molecule has 3 aliphatic rings. The fourth-order valence-electron chi connectivity index (χ4n) is 4.11. The largest absolute Gasteiger partial charge is 0.378 e. The molecule has 2 saturated carbocycles. The predicted octanol–water partition coefficient (Wildman–Crippen LogP) is 2.49. The molecule has 0 amide bonds. The first-order chi connectivity index (χ1) is 8.74. The summed E-state index contributed by atoms with van der Waals surface area (Å²) in [4.78, 5) is 0. The molecule has 1 aliphatic heterocycles. The SMILES string of the molecule is CCOC1CC(NC2CCOC(C)C2)C12CCC2. The highest BCUT2D eigenvalue weighted by Crippen LogP contribution is 2.57. The number of rotatable bonds is 4. The van der Waals surface area contributed by atoms with Gasteiger partial charge in [-0.1, -0.05) is 6.42 Å². The Bertz CT molecular complexity index is 290. The van der Waals surface area contributed by atoms with E-state index in [0.717, 1.165) is 13.2 Å². The molecule has 4 atom stereocenters. The standard InChI is InChI=1S/C15H27NO2/c1-3-17-14-10-13(15(14)6-4-7-15)16-12-5-8-18-11(2)9-12/h11-14,16H,3-10H2,1-2H3. The van der Waals surface area contributed by atoms with Gasteiger partial charge in [0.2, 0.25) is 0 Å². The van der Waals surface area contributed by atoms with Crippen LogP contribution in [0.15, 0.2) is 0 Å². The summed E-state index contributed by atoms with van der Waals surface area (Å²) in [6.07, 6.45) is 8.66. The van der Waals surface area contributed by atoms with E-state index in [1.54, 1.807) is 0 Å². The minimum absolute atomic E-state index is 0.427. The lowest BCUT2D eigenvalue weighted by Gasteiger charge is -2.62. The number of ether oxygens (including phenoxy) is 2. The Balaban J connectivity index is 1.54. The molecule has 3 rings (SSSR count). The average Bonchev–Trinajstić information content (AvgIpc) is 2.25. The zero-order valence-electron chi connectivity index (χ0n) is 11.8. The summed E-state index contributed by atoms with van der Waals surface area (Å²) in [5, 5.41) is 3.91. The molecule has 0 radical (unpaired) electrons. The van der Waals surface area contributed by atoms with Gasteiger partial charge in [-0.3, -0.25) is 0 Å². The van der Waals surface area contributed by atoms with E-state index in [1.165, 1.54) is 38.5 Å². The van der Waals surface area contributed by atoms with Gasteiger partial charge in [-0.25, -0.2) is 0 Å². The molecule has 3 heteroatoms. The molecule has 1 N–H and O–H groups in total. The molecule has 3 nitrogen and oxygen atoms in total. The van der Waals surface area contributed by atoms with Gasteiger partial charge in [0.25, 0.3) is 0 Å². The van der Waals surface area contributed by atoms with Crippen molar-refractivity contribution in [1.82, 2.24) is 5.32 Å². The van der Waals surface area contributed by atoms with Crippen molar-refractivity contribution >= 4 is 0 Å². The van der Waals surface area contributed by atoms with Crippen molar-refractivity contribution in [2.75, 3.05) is 13.2 Å². The molecule has 0 aromatic heterocycles. The van der Waals surface area contributed by atoms with Crippen LogP contribution < -0.4 is 5.32 Å². The van der Waals surface area contributed by atoms with Crippen molar-refractivity contribution in [3.05, 3.63) is 0 Å². The topological polar surface area (TPSA) is 30.5 Å². The van der Waals surface area contributed by atoms with Gasteiger partial charge in [-0.2, -0.15) is 0 Å². The smallest absolute Gasteiger partial charge is 0.0661 e. The van der Waals surface area contributed by atoms with E-state index in [9.17, 15) is 0 Å². The van der Waals surface area contributed by atoms with Crippen molar-refractivity contribution in [3.8, 4) is 0 Å². The summed E-state index contributed by atoms with van der Waals surface area (Å²) in [5.41, 5.74) is 0.498. The lowest BCUT2D eigenvalue weighted by Crippen LogP contribution is -2.68. The van der Waals surface area contributed by atoms with Gasteiger partial charge in [0.05, 0.1) is 12.2 Å². The van der Waals surface area contributed by atoms with Crippen molar-refractivity contribution in [3.63, 3.8) is 0 Å². The molecule has 0 aromatic carbocycles. The number of hydrogen-bond donors (Lipinski definition) is 1. The molecular weight excluding hydrogens is 226 g/mol. The highest BCUT2D eigenvalue weighted by Gasteiger charge is 2.59. The van der Waals surface area contributed by atoms with Crippen molar-refractivity contribution in [2.24, 2.45) is 5.41 Å². The third-order valence-electron chi connectivity index (χ3n) is 5.36. The van der Waals surface area contributed by atoms with Crippen LogP contribution in [0.4, 0.5) is 0 Å². The van der Waals surface area contributed by atoms with Crippen molar-refractivity contribution in [1.29, 1.82) is 0 Å². The van der Waals surface area contributed by atoms with E-state index < -0.39 is 0 Å². The maximum atomic E-state index is 5.91. The molecule has 0 bridgehead atoms. The molecule has 1 saturated heterocycles. The van der Waals surface area contributed by atoms with Crippen LogP contribution in [0.1, 0.15) is 52.4 Å². The van der Waals surface area contributed by atoms with Crippen molar-refractivity contribution in [2.45, 2.75) is 76.7 Å². The van der Waals surface area contributed by atoms with Crippen LogP contribution in [0.3, 0.4) is 0 Å². The quantitative estimate of drug-likeness (QED) is 0.835. The van der Waals surface area contributed by atoms with Gasteiger partial charge in [-0.05, 0) is 46.0 Å². The first kappa shape index (κ1) is 12.9. The summed E-state index contributed by atoms with van der Waals surface area (Å²) >= 11 is 0. The van der Waals surface area contributed by atoms with Crippen LogP contribution in [-0.2, 0) is 9.47 Å². The van der Waals surface area contributed by atoms with E-state index in [-0.39, 0.29) is 0 Å². The Kier molecular flexibility index (Phi) is 3.65. The second kappa shape index (κ2) is 5.10. The highest BCUT2D eigenvalue weighted by atomic mass is 16.5. The zero-order valence-corrected chi connectivity index (χ0v) is 11.8. The molecule has 18 heavy (non-hydrogen) atoms. The third-order valence-corrected chi connectivity index (χ3v) is 5.36. The van der Waals surface area contributed by atoms with E-state index in [0.29, 0.717) is 29.7 Å². The van der Waals surface area contributed by atoms with Gasteiger partial charge in [0.15, 0.2) is 0 Å². The fourth-order valence-corrected chi connectivity index (χ4v) is 4.11. The van der Waals surface area contributed by atoms with Gasteiger partial charge < -0.3 is 14.8 Å². The first-order valence-electron chi connectivity index (χ1n) is 7.74. The predicted molar refractivity (Wildman–Crippen MR) is 71.7 cm³/mol. The van der Waals surface area contributed by atoms with E-state index >= 15 is 0 Å². The molecule has 1 spiro atoms. The second-order valence-electron chi connectivity index (χ2n) is 6.39. The molecule has 104 valence electrons. The summed E-state index contributed by atoms with van der Waals surface area (Å²) in [5.74, 6) is 0. The molecule has 2 aliphatic carbocycles. The molecule has 3 fully saturated rings. The van der Waals surface area contributed by atoms with Crippen LogP contribution in [0.25, 0.3) is 0 Å². The summed E-state index contributed by atoms with van der Waals surface area (Å²) in [6.45, 7) is 6.10. The summed E-state index contributed by atoms with van der Waals surface area (Å²) in [6, 6.07) is 1.37. The van der Waals surface area contributed by atoms with Crippen LogP contribution in [0.5, 0.6) is 0 Å².